The first-order chi connectivity index (χ1) is 13.7. The van der Waals surface area contributed by atoms with E-state index in [1.54, 1.807) is 3.97 Å². The van der Waals surface area contributed by atoms with Crippen LogP contribution in [0, 0.1) is 0 Å². The zero-order valence-corrected chi connectivity index (χ0v) is 17.5. The van der Waals surface area contributed by atoms with Gasteiger partial charge in [0.05, 0.1) is 12.8 Å². The van der Waals surface area contributed by atoms with Crippen molar-refractivity contribution in [2.24, 2.45) is 7.05 Å². The molecule has 1 saturated carbocycles. The van der Waals surface area contributed by atoms with E-state index in [-0.39, 0.29) is 0 Å². The number of fused-ring (bicyclic) bond motifs is 1. The highest BCUT2D eigenvalue weighted by molar-refractivity contribution is 7.78. The molecule has 0 saturated heterocycles. The highest BCUT2D eigenvalue weighted by Gasteiger charge is 2.23. The van der Waals surface area contributed by atoms with Crippen LogP contribution in [0.25, 0.3) is 22.2 Å². The van der Waals surface area contributed by atoms with Crippen LogP contribution >= 0.6 is 12.8 Å². The maximum atomic E-state index is 5.42. The molecule has 3 aromatic rings. The molecule has 3 heterocycles. The Morgan fingerprint density at radius 1 is 1.21 bits per heavy atom. The summed E-state index contributed by atoms with van der Waals surface area (Å²) in [6, 6.07) is 2.92. The van der Waals surface area contributed by atoms with Crippen LogP contribution in [0.4, 0.5) is 0 Å². The van der Waals surface area contributed by atoms with Crippen molar-refractivity contribution in [2.75, 3.05) is 19.8 Å². The number of hydrogen-bond acceptors (Lipinski definition) is 5. The van der Waals surface area contributed by atoms with E-state index in [9.17, 15) is 0 Å². The zero-order chi connectivity index (χ0) is 19.5. The zero-order valence-electron chi connectivity index (χ0n) is 16.6. The maximum Gasteiger partial charge on any atom is 0.150 e. The summed E-state index contributed by atoms with van der Waals surface area (Å²) in [6.07, 6.45) is 12.8. The van der Waals surface area contributed by atoms with Gasteiger partial charge in [-0.1, -0.05) is 12.8 Å². The van der Waals surface area contributed by atoms with Gasteiger partial charge in [0.2, 0.25) is 0 Å². The van der Waals surface area contributed by atoms with Gasteiger partial charge in [0.1, 0.15) is 5.65 Å². The van der Waals surface area contributed by atoms with Crippen LogP contribution in [0.1, 0.15) is 44.1 Å². The number of rotatable bonds is 7. The molecule has 4 rings (SSSR count). The molecule has 1 aliphatic carbocycles. The first-order valence-electron chi connectivity index (χ1n) is 10.2. The minimum absolute atomic E-state index is 0.576. The second-order valence-corrected chi connectivity index (χ2v) is 8.06. The van der Waals surface area contributed by atoms with E-state index >= 15 is 0 Å². The van der Waals surface area contributed by atoms with Gasteiger partial charge in [-0.2, -0.15) is 5.10 Å². The van der Waals surface area contributed by atoms with Crippen LogP contribution in [-0.4, -0.2) is 44.5 Å². The van der Waals surface area contributed by atoms with Gasteiger partial charge in [-0.05, 0) is 50.2 Å². The van der Waals surface area contributed by atoms with Crippen LogP contribution in [-0.2, 0) is 11.8 Å². The van der Waals surface area contributed by atoms with Gasteiger partial charge in [0.15, 0.2) is 0 Å². The molecular formula is C21H29N5OS. The number of thiol groups is 1. The number of aryl methyl sites for hydroxylation is 1. The van der Waals surface area contributed by atoms with Crippen molar-refractivity contribution in [3.8, 4) is 11.1 Å². The van der Waals surface area contributed by atoms with Crippen molar-refractivity contribution in [3.05, 3.63) is 36.4 Å². The highest BCUT2D eigenvalue weighted by atomic mass is 32.1. The van der Waals surface area contributed by atoms with E-state index in [1.165, 1.54) is 31.2 Å². The van der Waals surface area contributed by atoms with Gasteiger partial charge in [-0.25, -0.2) is 4.98 Å². The van der Waals surface area contributed by atoms with Gasteiger partial charge in [-0.15, -0.1) is 0 Å². The number of ether oxygens (including phenoxy) is 1. The van der Waals surface area contributed by atoms with E-state index in [0.717, 1.165) is 41.9 Å². The summed E-state index contributed by atoms with van der Waals surface area (Å²) >= 11 is 4.56. The van der Waals surface area contributed by atoms with E-state index in [1.807, 2.05) is 43.4 Å². The Morgan fingerprint density at radius 2 is 2.04 bits per heavy atom. The summed E-state index contributed by atoms with van der Waals surface area (Å²) in [4.78, 5) is 4.73. The summed E-state index contributed by atoms with van der Waals surface area (Å²) < 4.78 is 9.06. The number of nitrogens with one attached hydrogen (secondary N) is 1. The lowest BCUT2D eigenvalue weighted by Gasteiger charge is -2.29. The summed E-state index contributed by atoms with van der Waals surface area (Å²) in [6.45, 7) is 4.58. The topological polar surface area (TPSA) is 56.9 Å². The Bertz CT molecular complexity index is 926. The molecule has 1 fully saturated rings. The first kappa shape index (κ1) is 19.5. The molecule has 0 atom stereocenters. The van der Waals surface area contributed by atoms with Crippen molar-refractivity contribution in [3.63, 3.8) is 0 Å². The molecular weight excluding hydrogens is 370 g/mol. The molecule has 0 amide bonds. The molecule has 0 radical (unpaired) electrons. The molecule has 0 bridgehead atoms. The lowest BCUT2D eigenvalue weighted by molar-refractivity contribution is 0.144. The van der Waals surface area contributed by atoms with Crippen molar-refractivity contribution in [2.45, 2.75) is 44.6 Å². The van der Waals surface area contributed by atoms with Crippen LogP contribution in [0.2, 0.25) is 0 Å². The fourth-order valence-electron chi connectivity index (χ4n) is 4.23. The largest absolute Gasteiger partial charge is 0.380 e. The predicted molar refractivity (Wildman–Crippen MR) is 116 cm³/mol. The van der Waals surface area contributed by atoms with Crippen molar-refractivity contribution in [1.82, 2.24) is 24.1 Å². The summed E-state index contributed by atoms with van der Waals surface area (Å²) in [5.74, 6) is 0.576. The average Bonchev–Trinajstić information content (AvgIpc) is 3.29. The number of pyridine rings is 1. The second kappa shape index (κ2) is 8.68. The molecule has 0 unspecified atom stereocenters. The standard InChI is InChI=1S/C21H29N5OS/c1-3-27-9-8-22-18-6-4-15(5-7-18)16-10-19-20(17-12-24-25(2)13-17)14-26(28)21(19)23-11-16/h10-15,18,22,28H,3-9H2,1-2H3. The minimum Gasteiger partial charge on any atom is -0.380 e. The Morgan fingerprint density at radius 3 is 2.75 bits per heavy atom. The molecule has 28 heavy (non-hydrogen) atoms. The average molecular weight is 400 g/mol. The minimum atomic E-state index is 0.576. The quantitative estimate of drug-likeness (QED) is 0.469. The Labute approximate surface area is 171 Å². The van der Waals surface area contributed by atoms with Crippen molar-refractivity contribution >= 4 is 23.8 Å². The molecule has 150 valence electrons. The third-order valence-electron chi connectivity index (χ3n) is 5.74. The third kappa shape index (κ3) is 4.11. The summed E-state index contributed by atoms with van der Waals surface area (Å²) in [5, 5.41) is 9.09. The SMILES string of the molecule is CCOCCNC1CCC(c2cnc3c(c2)c(-c2cnn(C)c2)cn3S)CC1. The van der Waals surface area contributed by atoms with Gasteiger partial charge in [0, 0.05) is 61.3 Å². The van der Waals surface area contributed by atoms with Crippen LogP contribution in [0.3, 0.4) is 0 Å². The molecule has 0 aliphatic heterocycles. The predicted octanol–water partition coefficient (Wildman–Crippen LogP) is 3.78. The Kier molecular flexibility index (Phi) is 6.04. The Balaban J connectivity index is 1.48. The highest BCUT2D eigenvalue weighted by Crippen LogP contribution is 2.36. The Hall–Kier alpha value is -1.83. The second-order valence-electron chi connectivity index (χ2n) is 7.63. The van der Waals surface area contributed by atoms with Gasteiger partial charge < -0.3 is 10.1 Å². The molecule has 7 heteroatoms. The smallest absolute Gasteiger partial charge is 0.150 e. The maximum absolute atomic E-state index is 5.42. The first-order valence-corrected chi connectivity index (χ1v) is 10.6. The van der Waals surface area contributed by atoms with Gasteiger partial charge in [0.25, 0.3) is 0 Å². The molecule has 6 nitrogen and oxygen atoms in total. The van der Waals surface area contributed by atoms with Crippen LogP contribution in [0.15, 0.2) is 30.9 Å². The fraction of sp³-hybridized carbons (Fsp3) is 0.524. The number of nitrogens with zero attached hydrogens (tertiary/aromatic N) is 4. The van der Waals surface area contributed by atoms with E-state index in [0.29, 0.717) is 12.0 Å². The lowest BCUT2D eigenvalue weighted by Crippen LogP contribution is -2.35. The van der Waals surface area contributed by atoms with Crippen LogP contribution in [0.5, 0.6) is 0 Å². The van der Waals surface area contributed by atoms with Gasteiger partial charge >= 0.3 is 0 Å². The van der Waals surface area contributed by atoms with Crippen LogP contribution < -0.4 is 5.32 Å². The molecule has 3 aromatic heterocycles. The number of hydrogen-bond donors (Lipinski definition) is 2. The van der Waals surface area contributed by atoms with Gasteiger partial charge in [-0.3, -0.25) is 8.65 Å². The fourth-order valence-corrected chi connectivity index (χ4v) is 4.51. The van der Waals surface area contributed by atoms with E-state index in [4.69, 9.17) is 9.72 Å². The number of aromatic nitrogens is 4. The van der Waals surface area contributed by atoms with Crippen molar-refractivity contribution < 1.29 is 4.74 Å². The molecule has 1 aliphatic rings. The third-order valence-corrected chi connectivity index (χ3v) is 6.05. The normalized spacial score (nSPS) is 20.1. The van der Waals surface area contributed by atoms with E-state index in [2.05, 4.69) is 29.3 Å². The monoisotopic (exact) mass is 399 g/mol. The molecule has 0 aromatic carbocycles. The molecule has 1 N–H and O–H groups in total. The molecule has 0 spiro atoms. The van der Waals surface area contributed by atoms with Crippen molar-refractivity contribution in [1.29, 1.82) is 0 Å². The van der Waals surface area contributed by atoms with E-state index < -0.39 is 0 Å². The lowest BCUT2D eigenvalue weighted by atomic mass is 9.82. The summed E-state index contributed by atoms with van der Waals surface area (Å²) in [7, 11) is 1.94. The summed E-state index contributed by atoms with van der Waals surface area (Å²) in [5.41, 5.74) is 4.47.